The van der Waals surface area contributed by atoms with Crippen LogP contribution >= 0.6 is 0 Å². The van der Waals surface area contributed by atoms with Crippen molar-refractivity contribution >= 4 is 21.6 Å². The molecule has 2 aliphatic carbocycles. The lowest BCUT2D eigenvalue weighted by molar-refractivity contribution is -0.115. The van der Waals surface area contributed by atoms with Crippen LogP contribution in [0, 0.1) is 23.6 Å². The molecule has 0 heterocycles. The SMILES string of the molecule is COc1ccc(CC(=O)Nc2ccc(S(=O)(=O)NC(C)C3CC4CCC3C4)cc2)cc1F. The first-order valence-corrected chi connectivity index (χ1v) is 12.5. The molecule has 0 aromatic heterocycles. The third kappa shape index (κ3) is 4.96. The Labute approximate surface area is 188 Å². The zero-order valence-corrected chi connectivity index (χ0v) is 19.1. The van der Waals surface area contributed by atoms with Crippen molar-refractivity contribution in [2.75, 3.05) is 12.4 Å². The van der Waals surface area contributed by atoms with Crippen molar-refractivity contribution in [3.63, 3.8) is 0 Å². The van der Waals surface area contributed by atoms with Gasteiger partial charge in [-0.15, -0.1) is 0 Å². The Morgan fingerprint density at radius 1 is 1.16 bits per heavy atom. The molecule has 0 spiro atoms. The van der Waals surface area contributed by atoms with Gasteiger partial charge >= 0.3 is 0 Å². The molecule has 4 rings (SSSR count). The average molecular weight is 461 g/mol. The molecule has 4 atom stereocenters. The highest BCUT2D eigenvalue weighted by Gasteiger charge is 2.42. The highest BCUT2D eigenvalue weighted by molar-refractivity contribution is 7.89. The van der Waals surface area contributed by atoms with Crippen molar-refractivity contribution in [1.29, 1.82) is 0 Å². The Hall–Kier alpha value is -2.45. The van der Waals surface area contributed by atoms with E-state index in [1.54, 1.807) is 18.2 Å². The summed E-state index contributed by atoms with van der Waals surface area (Å²) in [6, 6.07) is 10.3. The number of amides is 1. The summed E-state index contributed by atoms with van der Waals surface area (Å²) >= 11 is 0. The number of carbonyl (C=O) groups excluding carboxylic acids is 1. The maximum atomic E-state index is 13.8. The van der Waals surface area contributed by atoms with Crippen LogP contribution in [0.5, 0.6) is 5.75 Å². The molecule has 1 amide bonds. The van der Waals surface area contributed by atoms with Crippen molar-refractivity contribution in [3.05, 3.63) is 53.8 Å². The van der Waals surface area contributed by atoms with E-state index in [1.165, 1.54) is 50.6 Å². The van der Waals surface area contributed by atoms with Gasteiger partial charge in [0.25, 0.3) is 0 Å². The number of ether oxygens (including phenoxy) is 1. The Morgan fingerprint density at radius 3 is 2.50 bits per heavy atom. The fourth-order valence-electron chi connectivity index (χ4n) is 5.23. The van der Waals surface area contributed by atoms with Crippen LogP contribution in [0.15, 0.2) is 47.4 Å². The monoisotopic (exact) mass is 460 g/mol. The Balaban J connectivity index is 1.34. The maximum Gasteiger partial charge on any atom is 0.240 e. The van der Waals surface area contributed by atoms with Gasteiger partial charge in [0.05, 0.1) is 18.4 Å². The van der Waals surface area contributed by atoms with Gasteiger partial charge < -0.3 is 10.1 Å². The Morgan fingerprint density at radius 2 is 1.91 bits per heavy atom. The first kappa shape index (κ1) is 22.7. The largest absolute Gasteiger partial charge is 0.494 e. The van der Waals surface area contributed by atoms with E-state index in [-0.39, 0.29) is 29.0 Å². The zero-order valence-electron chi connectivity index (χ0n) is 18.3. The molecule has 2 bridgehead atoms. The van der Waals surface area contributed by atoms with Gasteiger partial charge in [0.2, 0.25) is 15.9 Å². The molecule has 172 valence electrons. The molecule has 0 aliphatic heterocycles. The number of halogens is 1. The van der Waals surface area contributed by atoms with Gasteiger partial charge in [0.1, 0.15) is 0 Å². The van der Waals surface area contributed by atoms with E-state index in [0.29, 0.717) is 23.1 Å². The smallest absolute Gasteiger partial charge is 0.240 e. The number of methoxy groups -OCH3 is 1. The van der Waals surface area contributed by atoms with E-state index in [1.807, 2.05) is 6.92 Å². The van der Waals surface area contributed by atoms with Crippen LogP contribution in [0.3, 0.4) is 0 Å². The third-order valence-electron chi connectivity index (χ3n) is 6.81. The molecule has 2 aromatic carbocycles. The van der Waals surface area contributed by atoms with E-state index in [0.717, 1.165) is 12.3 Å². The van der Waals surface area contributed by atoms with E-state index in [9.17, 15) is 17.6 Å². The molecule has 2 fully saturated rings. The second-order valence-electron chi connectivity index (χ2n) is 8.97. The molecular weight excluding hydrogens is 431 g/mol. The molecule has 32 heavy (non-hydrogen) atoms. The van der Waals surface area contributed by atoms with E-state index in [4.69, 9.17) is 4.74 Å². The molecule has 6 nitrogen and oxygen atoms in total. The van der Waals surface area contributed by atoms with E-state index >= 15 is 0 Å². The maximum absolute atomic E-state index is 13.8. The predicted octanol–water partition coefficient (Wildman–Crippen LogP) is 4.12. The quantitative estimate of drug-likeness (QED) is 0.621. The van der Waals surface area contributed by atoms with Crippen LogP contribution in [0.4, 0.5) is 10.1 Å². The first-order valence-electron chi connectivity index (χ1n) is 11.0. The molecule has 0 saturated heterocycles. The lowest BCUT2D eigenvalue weighted by atomic mass is 9.84. The van der Waals surface area contributed by atoms with Crippen molar-refractivity contribution in [1.82, 2.24) is 4.72 Å². The minimum atomic E-state index is -3.64. The topological polar surface area (TPSA) is 84.5 Å². The van der Waals surface area contributed by atoms with Crippen LogP contribution < -0.4 is 14.8 Å². The molecule has 2 saturated carbocycles. The lowest BCUT2D eigenvalue weighted by Crippen LogP contribution is -2.40. The number of anilines is 1. The van der Waals surface area contributed by atoms with Gasteiger partial charge in [0, 0.05) is 11.7 Å². The number of nitrogens with one attached hydrogen (secondary N) is 2. The average Bonchev–Trinajstić information content (AvgIpc) is 3.38. The van der Waals surface area contributed by atoms with Gasteiger partial charge in [-0.25, -0.2) is 17.5 Å². The van der Waals surface area contributed by atoms with Crippen molar-refractivity contribution < 1.29 is 22.3 Å². The normalized spacial score (nSPS) is 23.2. The number of fused-ring (bicyclic) bond motifs is 2. The van der Waals surface area contributed by atoms with Gasteiger partial charge in [-0.1, -0.05) is 12.5 Å². The lowest BCUT2D eigenvalue weighted by Gasteiger charge is -2.28. The van der Waals surface area contributed by atoms with Crippen LogP contribution in [0.25, 0.3) is 0 Å². The summed E-state index contributed by atoms with van der Waals surface area (Å²) in [6.07, 6.45) is 4.81. The van der Waals surface area contributed by atoms with Crippen molar-refractivity contribution in [2.45, 2.75) is 50.0 Å². The molecule has 2 N–H and O–H groups in total. The minimum Gasteiger partial charge on any atom is -0.494 e. The van der Waals surface area contributed by atoms with E-state index < -0.39 is 15.8 Å². The number of hydrogen-bond acceptors (Lipinski definition) is 4. The summed E-state index contributed by atoms with van der Waals surface area (Å²) in [5, 5.41) is 2.71. The molecule has 2 aliphatic rings. The second-order valence-corrected chi connectivity index (χ2v) is 10.7. The van der Waals surface area contributed by atoms with Crippen LogP contribution in [-0.2, 0) is 21.2 Å². The van der Waals surface area contributed by atoms with Crippen LogP contribution in [-0.4, -0.2) is 27.5 Å². The summed E-state index contributed by atoms with van der Waals surface area (Å²) in [4.78, 5) is 12.5. The zero-order chi connectivity index (χ0) is 22.9. The number of rotatable bonds is 8. The van der Waals surface area contributed by atoms with Crippen LogP contribution in [0.1, 0.15) is 38.2 Å². The highest BCUT2D eigenvalue weighted by atomic mass is 32.2. The fourth-order valence-corrected chi connectivity index (χ4v) is 6.53. The summed E-state index contributed by atoms with van der Waals surface area (Å²) in [6.45, 7) is 1.96. The minimum absolute atomic E-state index is 0.0103. The molecule has 2 aromatic rings. The number of sulfonamides is 1. The Bertz CT molecular complexity index is 1090. The first-order chi connectivity index (χ1) is 15.2. The molecule has 0 radical (unpaired) electrons. The predicted molar refractivity (Wildman–Crippen MR) is 120 cm³/mol. The standard InChI is InChI=1S/C24H29FN2O4S/c1-15(21-12-16-3-5-18(21)11-16)27-32(29,30)20-8-6-19(7-9-20)26-24(28)14-17-4-10-23(31-2)22(25)13-17/h4,6-10,13,15-16,18,21,27H,3,5,11-12,14H2,1-2H3,(H,26,28). The molecule has 4 unspecified atom stereocenters. The number of benzene rings is 2. The van der Waals surface area contributed by atoms with Gasteiger partial charge in [0.15, 0.2) is 11.6 Å². The van der Waals surface area contributed by atoms with Gasteiger partial charge in [-0.2, -0.15) is 0 Å². The Kier molecular flexibility index (Phi) is 6.53. The summed E-state index contributed by atoms with van der Waals surface area (Å²) in [7, 11) is -2.26. The fraction of sp³-hybridized carbons (Fsp3) is 0.458. The third-order valence-corrected chi connectivity index (χ3v) is 8.38. The number of hydrogen-bond donors (Lipinski definition) is 2. The van der Waals surface area contributed by atoms with Gasteiger partial charge in [-0.3, -0.25) is 4.79 Å². The van der Waals surface area contributed by atoms with Crippen LogP contribution in [0.2, 0.25) is 0 Å². The number of carbonyl (C=O) groups is 1. The molecular formula is C24H29FN2O4S. The molecule has 8 heteroatoms. The summed E-state index contributed by atoms with van der Waals surface area (Å²) < 4.78 is 47.2. The highest BCUT2D eigenvalue weighted by Crippen LogP contribution is 2.49. The van der Waals surface area contributed by atoms with Gasteiger partial charge in [-0.05, 0) is 85.9 Å². The van der Waals surface area contributed by atoms with Crippen molar-refractivity contribution in [2.24, 2.45) is 17.8 Å². The van der Waals surface area contributed by atoms with Crippen molar-refractivity contribution in [3.8, 4) is 5.75 Å². The van der Waals surface area contributed by atoms with E-state index in [2.05, 4.69) is 10.0 Å². The summed E-state index contributed by atoms with van der Waals surface area (Å²) in [5.41, 5.74) is 0.989. The second kappa shape index (κ2) is 9.19. The summed E-state index contributed by atoms with van der Waals surface area (Å²) in [5.74, 6) is 1.07.